The number of nitrogens with two attached hydrogens (primary N) is 1. The molecule has 0 aliphatic heterocycles. The normalized spacial score (nSPS) is 14.1. The molecule has 0 aliphatic rings. The summed E-state index contributed by atoms with van der Waals surface area (Å²) in [6.45, 7) is 4.34. The molecule has 1 rings (SSSR count). The Bertz CT molecular complexity index is 368. The fourth-order valence-electron chi connectivity index (χ4n) is 1.73. The van der Waals surface area contributed by atoms with Crippen LogP contribution in [0.2, 0.25) is 0 Å². The van der Waals surface area contributed by atoms with Crippen LogP contribution in [0.5, 0.6) is 5.75 Å². The van der Waals surface area contributed by atoms with Crippen molar-refractivity contribution in [3.8, 4) is 5.75 Å². The van der Waals surface area contributed by atoms with Crippen molar-refractivity contribution in [2.75, 3.05) is 24.8 Å². The first-order chi connectivity index (χ1) is 8.03. The number of aliphatic hydroxyl groups excluding tert-OH is 1. The van der Waals surface area contributed by atoms with Crippen molar-refractivity contribution in [2.45, 2.75) is 32.2 Å². The van der Waals surface area contributed by atoms with Crippen molar-refractivity contribution >= 4 is 11.4 Å². The lowest BCUT2D eigenvalue weighted by molar-refractivity contribution is 0.252. The molecule has 0 bridgehead atoms. The van der Waals surface area contributed by atoms with Gasteiger partial charge in [-0.2, -0.15) is 0 Å². The molecule has 0 radical (unpaired) electrons. The Balaban J connectivity index is 2.89. The number of nitrogen functional groups attached to an aromatic ring is 1. The zero-order valence-corrected chi connectivity index (χ0v) is 10.8. The number of aliphatic hydroxyl groups is 1. The molecular formula is C13H22N2O2. The summed E-state index contributed by atoms with van der Waals surface area (Å²) >= 11 is 0. The minimum absolute atomic E-state index is 0.131. The fraction of sp³-hybridized carbons (Fsp3) is 0.538. The maximum absolute atomic E-state index is 9.08. The van der Waals surface area contributed by atoms with Gasteiger partial charge in [0.25, 0.3) is 0 Å². The Kier molecular flexibility index (Phi) is 4.63. The van der Waals surface area contributed by atoms with Crippen molar-refractivity contribution in [2.24, 2.45) is 0 Å². The van der Waals surface area contributed by atoms with Gasteiger partial charge in [0.15, 0.2) is 0 Å². The van der Waals surface area contributed by atoms with Crippen LogP contribution in [0.25, 0.3) is 0 Å². The van der Waals surface area contributed by atoms with Crippen LogP contribution in [0.1, 0.15) is 26.7 Å². The minimum atomic E-state index is -0.131. The number of hydrogen-bond acceptors (Lipinski definition) is 4. The van der Waals surface area contributed by atoms with Gasteiger partial charge < -0.3 is 20.9 Å². The molecule has 0 spiro atoms. The van der Waals surface area contributed by atoms with Crippen LogP contribution in [0.3, 0.4) is 0 Å². The van der Waals surface area contributed by atoms with Gasteiger partial charge in [0, 0.05) is 35.7 Å². The maximum atomic E-state index is 9.08. The van der Waals surface area contributed by atoms with E-state index in [-0.39, 0.29) is 12.1 Å². The summed E-state index contributed by atoms with van der Waals surface area (Å²) in [6.07, 6.45) is 1.62. The van der Waals surface area contributed by atoms with Crippen LogP contribution in [0, 0.1) is 0 Å². The molecule has 1 aromatic rings. The number of nitrogens with one attached hydrogen (secondary N) is 1. The molecular weight excluding hydrogens is 216 g/mol. The van der Waals surface area contributed by atoms with E-state index >= 15 is 0 Å². The molecule has 0 aromatic heterocycles. The Morgan fingerprint density at radius 1 is 1.41 bits per heavy atom. The lowest BCUT2D eigenvalue weighted by atomic mass is 9.94. The quantitative estimate of drug-likeness (QED) is 0.665. The molecule has 4 N–H and O–H groups in total. The standard InChI is InChI=1S/C13H22N2O2/c1-4-13(2,5-6-16)15-11-7-10(14)8-12(9-11)17-3/h7-9,15-16H,4-6,14H2,1-3H3. The first-order valence-corrected chi connectivity index (χ1v) is 5.86. The van der Waals surface area contributed by atoms with Crippen LogP contribution in [0.15, 0.2) is 18.2 Å². The van der Waals surface area contributed by atoms with Crippen molar-refractivity contribution < 1.29 is 9.84 Å². The van der Waals surface area contributed by atoms with Gasteiger partial charge in [-0.1, -0.05) is 6.92 Å². The second-order valence-electron chi connectivity index (χ2n) is 4.51. The maximum Gasteiger partial charge on any atom is 0.122 e. The summed E-state index contributed by atoms with van der Waals surface area (Å²) in [4.78, 5) is 0. The smallest absolute Gasteiger partial charge is 0.122 e. The third-order valence-corrected chi connectivity index (χ3v) is 3.05. The molecule has 4 heteroatoms. The molecule has 0 saturated heterocycles. The first kappa shape index (κ1) is 13.6. The van der Waals surface area contributed by atoms with Crippen LogP contribution in [-0.2, 0) is 0 Å². The summed E-state index contributed by atoms with van der Waals surface area (Å²) in [5.74, 6) is 0.731. The molecule has 96 valence electrons. The topological polar surface area (TPSA) is 67.5 Å². The predicted molar refractivity (Wildman–Crippen MR) is 71.4 cm³/mol. The molecule has 0 amide bonds. The highest BCUT2D eigenvalue weighted by atomic mass is 16.5. The van der Waals surface area contributed by atoms with Crippen molar-refractivity contribution in [3.63, 3.8) is 0 Å². The van der Waals surface area contributed by atoms with Gasteiger partial charge in [-0.15, -0.1) is 0 Å². The third kappa shape index (κ3) is 3.82. The number of hydrogen-bond donors (Lipinski definition) is 3. The summed E-state index contributed by atoms with van der Waals surface area (Å²) < 4.78 is 5.17. The highest BCUT2D eigenvalue weighted by molar-refractivity contribution is 5.60. The van der Waals surface area contributed by atoms with E-state index in [4.69, 9.17) is 15.6 Å². The van der Waals surface area contributed by atoms with Crippen LogP contribution in [-0.4, -0.2) is 24.4 Å². The largest absolute Gasteiger partial charge is 0.497 e. The van der Waals surface area contributed by atoms with Gasteiger partial charge in [0.1, 0.15) is 5.75 Å². The third-order valence-electron chi connectivity index (χ3n) is 3.05. The average molecular weight is 238 g/mol. The van der Waals surface area contributed by atoms with E-state index in [0.29, 0.717) is 12.1 Å². The van der Waals surface area contributed by atoms with E-state index < -0.39 is 0 Å². The lowest BCUT2D eigenvalue weighted by Crippen LogP contribution is -2.35. The van der Waals surface area contributed by atoms with E-state index in [2.05, 4.69) is 19.2 Å². The number of benzene rings is 1. The highest BCUT2D eigenvalue weighted by Gasteiger charge is 2.21. The Morgan fingerprint density at radius 2 is 2.12 bits per heavy atom. The summed E-state index contributed by atoms with van der Waals surface area (Å²) in [6, 6.07) is 5.55. The van der Waals surface area contributed by atoms with Gasteiger partial charge in [-0.05, 0) is 25.8 Å². The molecule has 0 saturated carbocycles. The van der Waals surface area contributed by atoms with Crippen molar-refractivity contribution in [3.05, 3.63) is 18.2 Å². The first-order valence-electron chi connectivity index (χ1n) is 5.86. The summed E-state index contributed by atoms with van der Waals surface area (Å²) in [5.41, 5.74) is 7.25. The zero-order valence-electron chi connectivity index (χ0n) is 10.8. The fourth-order valence-corrected chi connectivity index (χ4v) is 1.73. The molecule has 17 heavy (non-hydrogen) atoms. The van der Waals surface area contributed by atoms with Crippen molar-refractivity contribution in [1.29, 1.82) is 0 Å². The van der Waals surface area contributed by atoms with E-state index in [1.54, 1.807) is 13.2 Å². The summed E-state index contributed by atoms with van der Waals surface area (Å²) in [5, 5.41) is 12.5. The zero-order chi connectivity index (χ0) is 12.9. The van der Waals surface area contributed by atoms with E-state index in [1.807, 2.05) is 12.1 Å². The molecule has 0 heterocycles. The van der Waals surface area contributed by atoms with E-state index in [9.17, 15) is 0 Å². The molecule has 4 nitrogen and oxygen atoms in total. The van der Waals surface area contributed by atoms with Crippen LogP contribution >= 0.6 is 0 Å². The highest BCUT2D eigenvalue weighted by Crippen LogP contribution is 2.27. The molecule has 0 aliphatic carbocycles. The lowest BCUT2D eigenvalue weighted by Gasteiger charge is -2.30. The second-order valence-corrected chi connectivity index (χ2v) is 4.51. The van der Waals surface area contributed by atoms with E-state index in [0.717, 1.165) is 17.9 Å². The van der Waals surface area contributed by atoms with Gasteiger partial charge in [0.2, 0.25) is 0 Å². The Hall–Kier alpha value is -1.42. The molecule has 1 aromatic carbocycles. The van der Waals surface area contributed by atoms with Crippen molar-refractivity contribution in [1.82, 2.24) is 0 Å². The van der Waals surface area contributed by atoms with Gasteiger partial charge >= 0.3 is 0 Å². The minimum Gasteiger partial charge on any atom is -0.497 e. The van der Waals surface area contributed by atoms with E-state index in [1.165, 1.54) is 0 Å². The number of ether oxygens (including phenoxy) is 1. The molecule has 1 unspecified atom stereocenters. The number of anilines is 2. The Morgan fingerprint density at radius 3 is 2.65 bits per heavy atom. The Labute approximate surface area is 103 Å². The molecule has 0 fully saturated rings. The second kappa shape index (κ2) is 5.77. The SMILES string of the molecule is CCC(C)(CCO)Nc1cc(N)cc(OC)c1. The van der Waals surface area contributed by atoms with Crippen LogP contribution < -0.4 is 15.8 Å². The predicted octanol–water partition coefficient (Wildman–Crippen LogP) is 2.24. The monoisotopic (exact) mass is 238 g/mol. The van der Waals surface area contributed by atoms with Gasteiger partial charge in [0.05, 0.1) is 7.11 Å². The van der Waals surface area contributed by atoms with Gasteiger partial charge in [-0.3, -0.25) is 0 Å². The summed E-state index contributed by atoms with van der Waals surface area (Å²) in [7, 11) is 1.62. The van der Waals surface area contributed by atoms with Gasteiger partial charge in [-0.25, -0.2) is 0 Å². The average Bonchev–Trinajstić information content (AvgIpc) is 2.28. The van der Waals surface area contributed by atoms with Crippen LogP contribution in [0.4, 0.5) is 11.4 Å². The molecule has 1 atom stereocenters. The number of methoxy groups -OCH3 is 1. The number of rotatable bonds is 6.